The molecular weight excluding hydrogens is 282 g/mol. The summed E-state index contributed by atoms with van der Waals surface area (Å²) in [6, 6.07) is 9.08. The summed E-state index contributed by atoms with van der Waals surface area (Å²) in [5.41, 5.74) is 2.86. The number of hydrogen-bond acceptors (Lipinski definition) is 5. The van der Waals surface area contributed by atoms with Crippen LogP contribution in [0.1, 0.15) is 34.7 Å². The maximum atomic E-state index is 5.58. The molecule has 2 unspecified atom stereocenters. The highest BCUT2D eigenvalue weighted by molar-refractivity contribution is 7.99. The smallest absolute Gasteiger partial charge is 0.232 e. The van der Waals surface area contributed by atoms with E-state index in [9.17, 15) is 0 Å². The van der Waals surface area contributed by atoms with Crippen molar-refractivity contribution in [1.82, 2.24) is 15.5 Å². The van der Waals surface area contributed by atoms with Crippen LogP contribution in [0.25, 0.3) is 0 Å². The van der Waals surface area contributed by atoms with Gasteiger partial charge in [-0.3, -0.25) is 0 Å². The Bertz CT molecular complexity index is 617. The van der Waals surface area contributed by atoms with Crippen molar-refractivity contribution in [2.45, 2.75) is 30.7 Å². The Balaban J connectivity index is 1.53. The molecule has 21 heavy (non-hydrogen) atoms. The molecule has 0 radical (unpaired) electrons. The fraction of sp³-hybridized carbons (Fsp3) is 0.500. The van der Waals surface area contributed by atoms with E-state index in [-0.39, 0.29) is 0 Å². The highest BCUT2D eigenvalue weighted by Crippen LogP contribution is 2.35. The summed E-state index contributed by atoms with van der Waals surface area (Å²) in [4.78, 5) is 4.72. The van der Waals surface area contributed by atoms with Gasteiger partial charge in [-0.2, -0.15) is 16.7 Å². The van der Waals surface area contributed by atoms with Crippen LogP contribution in [0.15, 0.2) is 28.8 Å². The van der Waals surface area contributed by atoms with Gasteiger partial charge in [-0.05, 0) is 31.0 Å². The lowest BCUT2D eigenvalue weighted by atomic mass is 10.0. The lowest BCUT2D eigenvalue weighted by Gasteiger charge is -2.13. The lowest BCUT2D eigenvalue weighted by Crippen LogP contribution is -2.31. The van der Waals surface area contributed by atoms with E-state index >= 15 is 0 Å². The standard InChI is InChI=1S/C16H19N3OS/c1-17-14-9-21-8-13(14)16-18-15(19-20-16)12-6-10-4-2-3-5-11(10)7-12/h2-5,12-14,17H,6-9H2,1H3. The predicted octanol–water partition coefficient (Wildman–Crippen LogP) is 2.37. The molecule has 0 saturated carbocycles. The molecule has 0 bridgehead atoms. The van der Waals surface area contributed by atoms with Gasteiger partial charge < -0.3 is 9.84 Å². The molecule has 2 heterocycles. The fourth-order valence-corrected chi connectivity index (χ4v) is 4.81. The molecule has 1 fully saturated rings. The molecule has 2 aliphatic rings. The first-order valence-corrected chi connectivity index (χ1v) is 8.66. The first kappa shape index (κ1) is 13.3. The fourth-order valence-electron chi connectivity index (χ4n) is 3.39. The second-order valence-electron chi connectivity index (χ2n) is 5.90. The molecule has 2 aromatic rings. The van der Waals surface area contributed by atoms with Crippen LogP contribution in [0.3, 0.4) is 0 Å². The third kappa shape index (κ3) is 2.38. The van der Waals surface area contributed by atoms with E-state index < -0.39 is 0 Å². The van der Waals surface area contributed by atoms with Gasteiger partial charge in [-0.15, -0.1) is 0 Å². The highest BCUT2D eigenvalue weighted by Gasteiger charge is 2.34. The largest absolute Gasteiger partial charge is 0.339 e. The van der Waals surface area contributed by atoms with Gasteiger partial charge in [-0.25, -0.2) is 0 Å². The van der Waals surface area contributed by atoms with Crippen LogP contribution < -0.4 is 5.32 Å². The minimum atomic E-state index is 0.352. The van der Waals surface area contributed by atoms with Gasteiger partial charge in [0.1, 0.15) is 0 Å². The zero-order chi connectivity index (χ0) is 14.2. The first-order valence-electron chi connectivity index (χ1n) is 7.50. The highest BCUT2D eigenvalue weighted by atomic mass is 32.2. The Kier molecular flexibility index (Phi) is 3.47. The number of fused-ring (bicyclic) bond motifs is 1. The van der Waals surface area contributed by atoms with Crippen LogP contribution in [0, 0.1) is 0 Å². The Morgan fingerprint density at radius 3 is 2.67 bits per heavy atom. The van der Waals surface area contributed by atoms with E-state index in [0.717, 1.165) is 36.1 Å². The van der Waals surface area contributed by atoms with Crippen LogP contribution >= 0.6 is 11.8 Å². The van der Waals surface area contributed by atoms with Gasteiger partial charge in [0, 0.05) is 23.5 Å². The summed E-state index contributed by atoms with van der Waals surface area (Å²) >= 11 is 1.95. The topological polar surface area (TPSA) is 51.0 Å². The Morgan fingerprint density at radius 2 is 1.95 bits per heavy atom. The summed E-state index contributed by atoms with van der Waals surface area (Å²) in [6.07, 6.45) is 2.06. The van der Waals surface area contributed by atoms with E-state index in [4.69, 9.17) is 9.51 Å². The Labute approximate surface area is 128 Å². The minimum Gasteiger partial charge on any atom is -0.339 e. The quantitative estimate of drug-likeness (QED) is 0.943. The summed E-state index contributed by atoms with van der Waals surface area (Å²) in [5, 5.41) is 7.63. The molecule has 2 atom stereocenters. The Morgan fingerprint density at radius 1 is 1.19 bits per heavy atom. The molecule has 5 heteroatoms. The molecule has 1 aliphatic heterocycles. The molecule has 1 saturated heterocycles. The van der Waals surface area contributed by atoms with Crippen molar-refractivity contribution in [3.05, 3.63) is 47.1 Å². The molecule has 1 N–H and O–H groups in total. The molecule has 110 valence electrons. The van der Waals surface area contributed by atoms with E-state index in [0.29, 0.717) is 17.9 Å². The number of aromatic nitrogens is 2. The van der Waals surface area contributed by atoms with Crippen LogP contribution in [-0.2, 0) is 12.8 Å². The number of hydrogen-bond donors (Lipinski definition) is 1. The van der Waals surface area contributed by atoms with Crippen molar-refractivity contribution in [2.75, 3.05) is 18.6 Å². The van der Waals surface area contributed by atoms with Crippen LogP contribution in [-0.4, -0.2) is 34.7 Å². The van der Waals surface area contributed by atoms with Gasteiger partial charge >= 0.3 is 0 Å². The van der Waals surface area contributed by atoms with Crippen LogP contribution in [0.2, 0.25) is 0 Å². The molecular formula is C16H19N3OS. The average molecular weight is 301 g/mol. The van der Waals surface area contributed by atoms with Crippen LogP contribution in [0.5, 0.6) is 0 Å². The zero-order valence-electron chi connectivity index (χ0n) is 12.1. The van der Waals surface area contributed by atoms with Crippen molar-refractivity contribution < 1.29 is 4.52 Å². The van der Waals surface area contributed by atoms with E-state index in [1.807, 2.05) is 18.8 Å². The van der Waals surface area contributed by atoms with Crippen molar-refractivity contribution in [2.24, 2.45) is 0 Å². The van der Waals surface area contributed by atoms with Gasteiger partial charge in [0.15, 0.2) is 5.82 Å². The Hall–Kier alpha value is -1.33. The molecule has 4 nitrogen and oxygen atoms in total. The maximum absolute atomic E-state index is 5.58. The zero-order valence-corrected chi connectivity index (χ0v) is 12.9. The van der Waals surface area contributed by atoms with Gasteiger partial charge in [0.25, 0.3) is 0 Å². The molecule has 4 rings (SSSR count). The van der Waals surface area contributed by atoms with Crippen LogP contribution in [0.4, 0.5) is 0 Å². The first-order chi connectivity index (χ1) is 10.3. The van der Waals surface area contributed by atoms with Gasteiger partial charge in [0.2, 0.25) is 5.89 Å². The minimum absolute atomic E-state index is 0.352. The second-order valence-corrected chi connectivity index (χ2v) is 6.98. The third-order valence-corrected chi connectivity index (χ3v) is 5.83. The number of rotatable bonds is 3. The van der Waals surface area contributed by atoms with E-state index in [1.165, 1.54) is 11.1 Å². The van der Waals surface area contributed by atoms with Gasteiger partial charge in [0.05, 0.1) is 5.92 Å². The molecule has 1 aromatic heterocycles. The predicted molar refractivity (Wildman–Crippen MR) is 83.8 cm³/mol. The van der Waals surface area contributed by atoms with E-state index in [1.54, 1.807) is 0 Å². The monoisotopic (exact) mass is 301 g/mol. The van der Waals surface area contributed by atoms with Crippen molar-refractivity contribution in [3.8, 4) is 0 Å². The average Bonchev–Trinajstić information content (AvgIpc) is 3.23. The number of nitrogens with zero attached hydrogens (tertiary/aromatic N) is 2. The number of likely N-dealkylation sites (N-methyl/N-ethyl adjacent to an activating group) is 1. The van der Waals surface area contributed by atoms with Gasteiger partial charge in [-0.1, -0.05) is 29.4 Å². The normalized spacial score (nSPS) is 25.4. The van der Waals surface area contributed by atoms with Crippen molar-refractivity contribution >= 4 is 11.8 Å². The van der Waals surface area contributed by atoms with Crippen molar-refractivity contribution in [3.63, 3.8) is 0 Å². The third-order valence-electron chi connectivity index (χ3n) is 4.64. The van der Waals surface area contributed by atoms with Crippen molar-refractivity contribution in [1.29, 1.82) is 0 Å². The molecule has 1 aromatic carbocycles. The summed E-state index contributed by atoms with van der Waals surface area (Å²) < 4.78 is 5.58. The second kappa shape index (κ2) is 5.46. The summed E-state index contributed by atoms with van der Waals surface area (Å²) in [6.45, 7) is 0. The maximum Gasteiger partial charge on any atom is 0.232 e. The van der Waals surface area contributed by atoms with E-state index in [2.05, 4.69) is 34.7 Å². The number of thioether (sulfide) groups is 1. The summed E-state index contributed by atoms with van der Waals surface area (Å²) in [5.74, 6) is 4.61. The lowest BCUT2D eigenvalue weighted by molar-refractivity contribution is 0.338. The molecule has 0 amide bonds. The number of benzene rings is 1. The SMILES string of the molecule is CNC1CSCC1c1nc(C2Cc3ccccc3C2)no1. The number of nitrogens with one attached hydrogen (secondary N) is 1. The molecule has 1 aliphatic carbocycles. The molecule has 0 spiro atoms. The summed E-state index contributed by atoms with van der Waals surface area (Å²) in [7, 11) is 2.01.